The van der Waals surface area contributed by atoms with Gasteiger partial charge in [0.05, 0.1) is 5.56 Å². The third kappa shape index (κ3) is 4.62. The summed E-state index contributed by atoms with van der Waals surface area (Å²) in [5, 5.41) is 13.0. The topological polar surface area (TPSA) is 90.4 Å². The van der Waals surface area contributed by atoms with Crippen LogP contribution < -0.4 is 15.7 Å². The molecule has 1 saturated carbocycles. The van der Waals surface area contributed by atoms with Gasteiger partial charge in [-0.05, 0) is 29.5 Å². The number of nitrogens with one attached hydrogen (secondary N) is 2. The molecule has 146 valence electrons. The Kier molecular flexibility index (Phi) is 7.25. The highest BCUT2D eigenvalue weighted by Crippen LogP contribution is 2.46. The van der Waals surface area contributed by atoms with E-state index in [1.54, 1.807) is 5.48 Å². The number of rotatable bonds is 5. The van der Waals surface area contributed by atoms with Crippen LogP contribution in [0.4, 0.5) is 5.95 Å². The fourth-order valence-corrected chi connectivity index (χ4v) is 3.62. The highest BCUT2D eigenvalue weighted by molar-refractivity contribution is 6.30. The molecule has 2 aliphatic rings. The quantitative estimate of drug-likeness (QED) is 0.496. The summed E-state index contributed by atoms with van der Waals surface area (Å²) in [6.07, 6.45) is 2.85. The lowest BCUT2D eigenvalue weighted by Gasteiger charge is -2.20. The van der Waals surface area contributed by atoms with Crippen molar-refractivity contribution in [3.63, 3.8) is 0 Å². The van der Waals surface area contributed by atoms with Crippen LogP contribution in [-0.2, 0) is 6.54 Å². The SMILES string of the molecule is Cl.Cl.O=C(NO)c1cnc(N2CC3C(C2)C3NCc2ccc(Cl)cc2)nc1. The zero-order chi connectivity index (χ0) is 17.4. The Morgan fingerprint density at radius 1 is 1.15 bits per heavy atom. The molecule has 1 aromatic heterocycles. The Bertz CT molecular complexity index is 763. The smallest absolute Gasteiger partial charge is 0.277 e. The maximum Gasteiger partial charge on any atom is 0.277 e. The number of aromatic nitrogens is 2. The van der Waals surface area contributed by atoms with Crippen LogP contribution in [0.15, 0.2) is 36.7 Å². The van der Waals surface area contributed by atoms with Crippen LogP contribution >= 0.6 is 36.4 Å². The van der Waals surface area contributed by atoms with Gasteiger partial charge in [0.2, 0.25) is 5.95 Å². The number of anilines is 1. The van der Waals surface area contributed by atoms with Gasteiger partial charge in [0.15, 0.2) is 0 Å². The van der Waals surface area contributed by atoms with Crippen molar-refractivity contribution >= 4 is 48.3 Å². The molecular weight excluding hydrogens is 413 g/mol. The van der Waals surface area contributed by atoms with E-state index in [-0.39, 0.29) is 30.4 Å². The maximum absolute atomic E-state index is 11.3. The number of fused-ring (bicyclic) bond motifs is 1. The van der Waals surface area contributed by atoms with Gasteiger partial charge in [0, 0.05) is 43.1 Å². The van der Waals surface area contributed by atoms with Crippen LogP contribution in [0.2, 0.25) is 5.02 Å². The van der Waals surface area contributed by atoms with Gasteiger partial charge in [-0.1, -0.05) is 23.7 Å². The molecule has 2 heterocycles. The molecule has 2 aromatic rings. The zero-order valence-electron chi connectivity index (χ0n) is 14.2. The molecule has 3 N–H and O–H groups in total. The molecule has 1 saturated heterocycles. The van der Waals surface area contributed by atoms with Crippen LogP contribution in [0.25, 0.3) is 0 Å². The van der Waals surface area contributed by atoms with E-state index >= 15 is 0 Å². The lowest BCUT2D eigenvalue weighted by Crippen LogP contribution is -2.32. The molecule has 1 aromatic carbocycles. The van der Waals surface area contributed by atoms with E-state index in [9.17, 15) is 4.79 Å². The Morgan fingerprint density at radius 3 is 2.30 bits per heavy atom. The first-order valence-electron chi connectivity index (χ1n) is 8.15. The molecule has 27 heavy (non-hydrogen) atoms. The van der Waals surface area contributed by atoms with Crippen molar-refractivity contribution in [3.8, 4) is 0 Å². The third-order valence-corrected chi connectivity index (χ3v) is 5.19. The van der Waals surface area contributed by atoms with Crippen molar-refractivity contribution in [2.24, 2.45) is 11.8 Å². The van der Waals surface area contributed by atoms with Crippen LogP contribution in [0.3, 0.4) is 0 Å². The normalized spacial score (nSPS) is 22.3. The number of hydrogen-bond donors (Lipinski definition) is 3. The standard InChI is InChI=1S/C17H18ClN5O2.2ClH/c18-12-3-1-10(2-4-12)5-19-15-13-8-23(9-14(13)15)17-20-6-11(7-21-17)16(24)22-25;;/h1-4,6-7,13-15,19,25H,5,8-9H2,(H,22,24);2*1H. The fraction of sp³-hybridized carbons (Fsp3) is 0.353. The summed E-state index contributed by atoms with van der Waals surface area (Å²) in [6.45, 7) is 2.67. The van der Waals surface area contributed by atoms with Crippen LogP contribution in [0.1, 0.15) is 15.9 Å². The average Bonchev–Trinajstić information content (AvgIpc) is 3.10. The van der Waals surface area contributed by atoms with Gasteiger partial charge >= 0.3 is 0 Å². The van der Waals surface area contributed by atoms with Crippen LogP contribution in [0.5, 0.6) is 0 Å². The van der Waals surface area contributed by atoms with Crippen molar-refractivity contribution in [3.05, 3.63) is 52.8 Å². The van der Waals surface area contributed by atoms with E-state index in [4.69, 9.17) is 16.8 Å². The third-order valence-electron chi connectivity index (χ3n) is 4.93. The summed E-state index contributed by atoms with van der Waals surface area (Å²) in [7, 11) is 0. The molecule has 2 unspecified atom stereocenters. The number of benzene rings is 1. The van der Waals surface area contributed by atoms with Gasteiger partial charge in [0.25, 0.3) is 5.91 Å². The number of carbonyl (C=O) groups is 1. The second kappa shape index (κ2) is 9.03. The number of hydrogen-bond acceptors (Lipinski definition) is 6. The molecule has 2 fully saturated rings. The summed E-state index contributed by atoms with van der Waals surface area (Å²) < 4.78 is 0. The van der Waals surface area contributed by atoms with E-state index in [1.807, 2.05) is 24.3 Å². The number of hydroxylamine groups is 1. The summed E-state index contributed by atoms with van der Waals surface area (Å²) in [4.78, 5) is 21.9. The lowest BCUT2D eigenvalue weighted by atomic mass is 10.2. The van der Waals surface area contributed by atoms with Gasteiger partial charge in [-0.2, -0.15) is 0 Å². The largest absolute Gasteiger partial charge is 0.340 e. The second-order valence-corrected chi connectivity index (χ2v) is 6.91. The van der Waals surface area contributed by atoms with Crippen molar-refractivity contribution in [2.75, 3.05) is 18.0 Å². The fourth-order valence-electron chi connectivity index (χ4n) is 3.50. The Hall–Kier alpha value is -1.64. The predicted molar refractivity (Wildman–Crippen MR) is 107 cm³/mol. The second-order valence-electron chi connectivity index (χ2n) is 6.48. The molecule has 0 bridgehead atoms. The van der Waals surface area contributed by atoms with Crippen molar-refractivity contribution in [1.29, 1.82) is 0 Å². The minimum Gasteiger partial charge on any atom is -0.340 e. The van der Waals surface area contributed by atoms with Gasteiger partial charge < -0.3 is 10.2 Å². The molecule has 2 atom stereocenters. The Morgan fingerprint density at radius 2 is 1.74 bits per heavy atom. The van der Waals surface area contributed by atoms with Gasteiger partial charge in [-0.25, -0.2) is 15.4 Å². The first-order chi connectivity index (χ1) is 12.2. The summed E-state index contributed by atoms with van der Waals surface area (Å²) >= 11 is 5.90. The zero-order valence-corrected chi connectivity index (χ0v) is 16.6. The van der Waals surface area contributed by atoms with Crippen LogP contribution in [0, 0.1) is 11.8 Å². The minimum atomic E-state index is -0.609. The Balaban J connectivity index is 0.00000131. The number of nitrogens with zero attached hydrogens (tertiary/aromatic N) is 3. The first kappa shape index (κ1) is 21.7. The van der Waals surface area contributed by atoms with E-state index < -0.39 is 5.91 Å². The van der Waals surface area contributed by atoms with E-state index in [2.05, 4.69) is 20.2 Å². The number of carbonyl (C=O) groups excluding carboxylic acids is 1. The number of piperidine rings is 1. The van der Waals surface area contributed by atoms with Crippen LogP contribution in [-0.4, -0.2) is 40.2 Å². The van der Waals surface area contributed by atoms with E-state index in [0.29, 0.717) is 23.8 Å². The monoisotopic (exact) mass is 431 g/mol. The first-order valence-corrected chi connectivity index (χ1v) is 8.53. The maximum atomic E-state index is 11.3. The van der Waals surface area contributed by atoms with Crippen molar-refractivity contribution in [1.82, 2.24) is 20.8 Å². The number of halogens is 3. The molecule has 4 rings (SSSR count). The van der Waals surface area contributed by atoms with E-state index in [1.165, 1.54) is 18.0 Å². The number of amides is 1. The predicted octanol–water partition coefficient (Wildman–Crippen LogP) is 2.32. The van der Waals surface area contributed by atoms with Gasteiger partial charge in [0.1, 0.15) is 0 Å². The molecule has 0 radical (unpaired) electrons. The highest BCUT2D eigenvalue weighted by Gasteiger charge is 2.55. The molecular formula is C17H20Cl3N5O2. The van der Waals surface area contributed by atoms with E-state index in [0.717, 1.165) is 24.7 Å². The highest BCUT2D eigenvalue weighted by atomic mass is 35.5. The average molecular weight is 433 g/mol. The molecule has 1 amide bonds. The Labute approximate surface area is 174 Å². The van der Waals surface area contributed by atoms with Crippen molar-refractivity contribution < 1.29 is 10.0 Å². The lowest BCUT2D eigenvalue weighted by molar-refractivity contribution is 0.0705. The van der Waals surface area contributed by atoms with Gasteiger partial charge in [-0.3, -0.25) is 10.0 Å². The van der Waals surface area contributed by atoms with Crippen molar-refractivity contribution in [2.45, 2.75) is 12.6 Å². The minimum absolute atomic E-state index is 0. The summed E-state index contributed by atoms with van der Waals surface area (Å²) in [5.41, 5.74) is 3.04. The molecule has 1 aliphatic heterocycles. The van der Waals surface area contributed by atoms with Gasteiger partial charge in [-0.15, -0.1) is 24.8 Å². The summed E-state index contributed by atoms with van der Waals surface area (Å²) in [5.74, 6) is 1.23. The molecule has 1 aliphatic carbocycles. The molecule has 10 heteroatoms. The summed E-state index contributed by atoms with van der Waals surface area (Å²) in [6, 6.07) is 8.43. The molecule has 0 spiro atoms. The molecule has 7 nitrogen and oxygen atoms in total.